The van der Waals surface area contributed by atoms with Gasteiger partial charge in [0.1, 0.15) is 4.21 Å². The van der Waals surface area contributed by atoms with Crippen LogP contribution in [-0.4, -0.2) is 53.4 Å². The van der Waals surface area contributed by atoms with E-state index in [0.717, 1.165) is 5.69 Å². The molecule has 0 spiro atoms. The number of carbonyl (C=O) groups excluding carboxylic acids is 1. The fourth-order valence-electron chi connectivity index (χ4n) is 3.10. The Kier molecular flexibility index (Phi) is 5.25. The van der Waals surface area contributed by atoms with Gasteiger partial charge in [0.2, 0.25) is 10.0 Å². The van der Waals surface area contributed by atoms with E-state index in [4.69, 9.17) is 0 Å². The highest BCUT2D eigenvalue weighted by molar-refractivity contribution is 7.91. The van der Waals surface area contributed by atoms with Crippen LogP contribution in [0, 0.1) is 0 Å². The summed E-state index contributed by atoms with van der Waals surface area (Å²) >= 11 is 1.19. The molecule has 1 aromatic carbocycles. The van der Waals surface area contributed by atoms with Crippen molar-refractivity contribution in [2.45, 2.75) is 23.1 Å². The molecule has 0 bridgehead atoms. The number of aromatic nitrogens is 3. The summed E-state index contributed by atoms with van der Waals surface area (Å²) < 4.78 is 27.7. The molecule has 1 saturated heterocycles. The summed E-state index contributed by atoms with van der Waals surface area (Å²) in [7, 11) is -3.49. The summed E-state index contributed by atoms with van der Waals surface area (Å²) in [6.45, 7) is 0.934. The van der Waals surface area contributed by atoms with Gasteiger partial charge in [0.05, 0.1) is 11.9 Å². The molecule has 0 saturated carbocycles. The molecule has 1 aliphatic rings. The van der Waals surface area contributed by atoms with Crippen molar-refractivity contribution in [2.75, 3.05) is 13.1 Å². The maximum absolute atomic E-state index is 12.7. The lowest BCUT2D eigenvalue weighted by molar-refractivity contribution is 0.0705. The Balaban J connectivity index is 1.36. The molecule has 2 aromatic heterocycles. The van der Waals surface area contributed by atoms with Crippen molar-refractivity contribution in [2.24, 2.45) is 0 Å². The molecule has 3 aromatic rings. The van der Waals surface area contributed by atoms with Crippen molar-refractivity contribution >= 4 is 27.3 Å². The van der Waals surface area contributed by atoms with E-state index in [2.05, 4.69) is 14.9 Å². The lowest BCUT2D eigenvalue weighted by Crippen LogP contribution is -2.46. The third-order valence-electron chi connectivity index (χ3n) is 4.56. The van der Waals surface area contributed by atoms with E-state index >= 15 is 0 Å². The number of thiophene rings is 1. The highest BCUT2D eigenvalue weighted by atomic mass is 32.2. The van der Waals surface area contributed by atoms with Gasteiger partial charge in [-0.05, 0) is 36.4 Å². The third-order valence-corrected chi connectivity index (χ3v) is 7.48. The van der Waals surface area contributed by atoms with Crippen molar-refractivity contribution in [3.05, 3.63) is 59.7 Å². The molecule has 146 valence electrons. The average molecular weight is 418 g/mol. The number of hydrogen-bond donors (Lipinski definition) is 1. The molecule has 0 radical (unpaired) electrons. The van der Waals surface area contributed by atoms with Crippen LogP contribution in [-0.2, 0) is 10.0 Å². The van der Waals surface area contributed by atoms with Crippen molar-refractivity contribution in [1.29, 1.82) is 0 Å². The van der Waals surface area contributed by atoms with Gasteiger partial charge in [-0.15, -0.1) is 16.4 Å². The highest BCUT2D eigenvalue weighted by Crippen LogP contribution is 2.19. The predicted octanol–water partition coefficient (Wildman–Crippen LogP) is 1.91. The van der Waals surface area contributed by atoms with Gasteiger partial charge in [0.15, 0.2) is 5.69 Å². The maximum Gasteiger partial charge on any atom is 0.276 e. The number of nitrogens with zero attached hydrogens (tertiary/aromatic N) is 4. The van der Waals surface area contributed by atoms with E-state index in [-0.39, 0.29) is 17.6 Å². The van der Waals surface area contributed by atoms with Crippen LogP contribution in [0.1, 0.15) is 23.3 Å². The van der Waals surface area contributed by atoms with Gasteiger partial charge in [-0.2, -0.15) is 9.90 Å². The molecule has 3 heterocycles. The van der Waals surface area contributed by atoms with Gasteiger partial charge < -0.3 is 4.90 Å². The average Bonchev–Trinajstić information content (AvgIpc) is 3.41. The molecule has 10 heteroatoms. The molecule has 1 fully saturated rings. The first-order chi connectivity index (χ1) is 13.5. The van der Waals surface area contributed by atoms with E-state index in [1.807, 2.05) is 30.3 Å². The molecule has 0 aliphatic carbocycles. The third kappa shape index (κ3) is 3.98. The van der Waals surface area contributed by atoms with Gasteiger partial charge in [0, 0.05) is 19.1 Å². The van der Waals surface area contributed by atoms with Crippen LogP contribution in [0.5, 0.6) is 0 Å². The van der Waals surface area contributed by atoms with Crippen molar-refractivity contribution < 1.29 is 13.2 Å². The predicted molar refractivity (Wildman–Crippen MR) is 105 cm³/mol. The Morgan fingerprint density at radius 3 is 2.54 bits per heavy atom. The lowest BCUT2D eigenvalue weighted by Gasteiger charge is -2.31. The molecule has 1 N–H and O–H groups in total. The van der Waals surface area contributed by atoms with Gasteiger partial charge >= 0.3 is 0 Å². The second kappa shape index (κ2) is 7.82. The summed E-state index contributed by atoms with van der Waals surface area (Å²) in [5, 5.41) is 10.2. The number of piperidine rings is 1. The monoisotopic (exact) mass is 417 g/mol. The molecule has 4 rings (SSSR count). The number of carbonyl (C=O) groups is 1. The smallest absolute Gasteiger partial charge is 0.276 e. The first-order valence-corrected chi connectivity index (χ1v) is 11.2. The van der Waals surface area contributed by atoms with E-state index < -0.39 is 10.0 Å². The standard InChI is InChI=1S/C18H19N5O3S2/c24-18(16-13-19-23(20-16)15-5-2-1-3-6-15)22-10-8-14(9-11-22)21-28(25,26)17-7-4-12-27-17/h1-7,12-14,21H,8-11H2. The normalized spacial score (nSPS) is 15.6. The van der Waals surface area contributed by atoms with Gasteiger partial charge in [-0.25, -0.2) is 13.1 Å². The second-order valence-corrected chi connectivity index (χ2v) is 9.36. The van der Waals surface area contributed by atoms with Crippen LogP contribution in [0.4, 0.5) is 0 Å². The van der Waals surface area contributed by atoms with E-state index in [0.29, 0.717) is 30.1 Å². The number of nitrogens with one attached hydrogen (secondary N) is 1. The zero-order valence-corrected chi connectivity index (χ0v) is 16.6. The highest BCUT2D eigenvalue weighted by Gasteiger charge is 2.28. The van der Waals surface area contributed by atoms with E-state index in [1.165, 1.54) is 22.3 Å². The van der Waals surface area contributed by atoms with Crippen LogP contribution >= 0.6 is 11.3 Å². The Bertz CT molecular complexity index is 1040. The quantitative estimate of drug-likeness (QED) is 0.684. The molecule has 1 amide bonds. The second-order valence-electron chi connectivity index (χ2n) is 6.47. The minimum absolute atomic E-state index is 0.184. The first-order valence-electron chi connectivity index (χ1n) is 8.86. The zero-order chi connectivity index (χ0) is 19.6. The maximum atomic E-state index is 12.7. The summed E-state index contributed by atoms with van der Waals surface area (Å²) in [6.07, 6.45) is 2.58. The summed E-state index contributed by atoms with van der Waals surface area (Å²) in [5.74, 6) is -0.193. The number of amides is 1. The zero-order valence-electron chi connectivity index (χ0n) is 14.9. The van der Waals surface area contributed by atoms with Crippen molar-refractivity contribution in [1.82, 2.24) is 24.6 Å². The number of hydrogen-bond acceptors (Lipinski definition) is 6. The molecule has 1 aliphatic heterocycles. The molecule has 0 unspecified atom stereocenters. The molecule has 0 atom stereocenters. The first kappa shape index (κ1) is 18.8. The van der Waals surface area contributed by atoms with Crippen LogP contribution in [0.2, 0.25) is 0 Å². The largest absolute Gasteiger partial charge is 0.337 e. The number of benzene rings is 1. The van der Waals surface area contributed by atoms with Gasteiger partial charge in [0.25, 0.3) is 5.91 Å². The van der Waals surface area contributed by atoms with Crippen LogP contribution in [0.25, 0.3) is 5.69 Å². The summed E-state index contributed by atoms with van der Waals surface area (Å²) in [5.41, 5.74) is 1.06. The number of rotatable bonds is 5. The Hall–Kier alpha value is -2.56. The topological polar surface area (TPSA) is 97.2 Å². The van der Waals surface area contributed by atoms with Crippen LogP contribution in [0.15, 0.2) is 58.3 Å². The number of para-hydroxylation sites is 1. The lowest BCUT2D eigenvalue weighted by atomic mass is 10.1. The fourth-order valence-corrected chi connectivity index (χ4v) is 5.42. The number of likely N-dealkylation sites (tertiary alicyclic amines) is 1. The summed E-state index contributed by atoms with van der Waals surface area (Å²) in [6, 6.07) is 12.5. The Morgan fingerprint density at radius 2 is 1.86 bits per heavy atom. The minimum atomic E-state index is -3.49. The number of sulfonamides is 1. The van der Waals surface area contributed by atoms with E-state index in [1.54, 1.807) is 22.4 Å². The Morgan fingerprint density at radius 1 is 1.11 bits per heavy atom. The van der Waals surface area contributed by atoms with Crippen LogP contribution < -0.4 is 4.72 Å². The van der Waals surface area contributed by atoms with Crippen molar-refractivity contribution in [3.63, 3.8) is 0 Å². The molecule has 8 nitrogen and oxygen atoms in total. The molecule has 28 heavy (non-hydrogen) atoms. The Labute approximate surface area is 166 Å². The molecular formula is C18H19N5O3S2. The van der Waals surface area contributed by atoms with Gasteiger partial charge in [-0.3, -0.25) is 4.79 Å². The van der Waals surface area contributed by atoms with Crippen LogP contribution in [0.3, 0.4) is 0 Å². The fraction of sp³-hybridized carbons (Fsp3) is 0.278. The van der Waals surface area contributed by atoms with E-state index in [9.17, 15) is 13.2 Å². The minimum Gasteiger partial charge on any atom is -0.337 e. The SMILES string of the molecule is O=C(c1cnn(-c2ccccc2)n1)N1CCC(NS(=O)(=O)c2cccs2)CC1. The van der Waals surface area contributed by atoms with Gasteiger partial charge in [-0.1, -0.05) is 24.3 Å². The van der Waals surface area contributed by atoms with Crippen molar-refractivity contribution in [3.8, 4) is 5.69 Å². The molecular weight excluding hydrogens is 398 g/mol. The summed E-state index contributed by atoms with van der Waals surface area (Å²) in [4.78, 5) is 15.8.